The van der Waals surface area contributed by atoms with Crippen molar-refractivity contribution in [3.63, 3.8) is 0 Å². The Bertz CT molecular complexity index is 612. The first-order valence-electron chi connectivity index (χ1n) is 6.82. The number of likely N-dealkylation sites (tertiary alicyclic amines) is 1. The molecule has 0 unspecified atom stereocenters. The van der Waals surface area contributed by atoms with Crippen molar-refractivity contribution in [2.24, 2.45) is 0 Å². The second-order valence-electron chi connectivity index (χ2n) is 5.13. The van der Waals surface area contributed by atoms with Crippen LogP contribution in [0, 0.1) is 20.2 Å². The summed E-state index contributed by atoms with van der Waals surface area (Å²) in [6.45, 7) is 1.41. The average molecular weight is 308 g/mol. The zero-order valence-corrected chi connectivity index (χ0v) is 12.1. The SMILES string of the molecule is CN(CC(=O)N1CCCC1)c1ccc([N+](=O)[O-])cc1[N+](=O)[O-]. The Balaban J connectivity index is 2.20. The molecule has 1 aromatic rings. The van der Waals surface area contributed by atoms with E-state index in [2.05, 4.69) is 0 Å². The summed E-state index contributed by atoms with van der Waals surface area (Å²) in [5.41, 5.74) is -0.552. The van der Waals surface area contributed by atoms with Gasteiger partial charge in [-0.05, 0) is 18.9 Å². The van der Waals surface area contributed by atoms with Crippen molar-refractivity contribution < 1.29 is 14.6 Å². The molecule has 9 nitrogen and oxygen atoms in total. The van der Waals surface area contributed by atoms with Crippen LogP contribution in [-0.4, -0.2) is 47.3 Å². The molecule has 1 saturated heterocycles. The Morgan fingerprint density at radius 2 is 1.86 bits per heavy atom. The summed E-state index contributed by atoms with van der Waals surface area (Å²) >= 11 is 0. The van der Waals surface area contributed by atoms with Crippen molar-refractivity contribution in [2.75, 3.05) is 31.6 Å². The van der Waals surface area contributed by atoms with Crippen LogP contribution in [0.3, 0.4) is 0 Å². The highest BCUT2D eigenvalue weighted by molar-refractivity contribution is 5.83. The Kier molecular flexibility index (Phi) is 4.54. The molecule has 0 aliphatic carbocycles. The van der Waals surface area contributed by atoms with Crippen LogP contribution in [0.5, 0.6) is 0 Å². The van der Waals surface area contributed by atoms with Gasteiger partial charge >= 0.3 is 0 Å². The van der Waals surface area contributed by atoms with Crippen molar-refractivity contribution in [3.05, 3.63) is 38.4 Å². The molecule has 1 heterocycles. The maximum absolute atomic E-state index is 12.1. The van der Waals surface area contributed by atoms with E-state index in [-0.39, 0.29) is 29.5 Å². The van der Waals surface area contributed by atoms with Crippen molar-refractivity contribution in [3.8, 4) is 0 Å². The van der Waals surface area contributed by atoms with Gasteiger partial charge in [-0.25, -0.2) is 0 Å². The number of non-ortho nitro benzene ring substituents is 1. The van der Waals surface area contributed by atoms with Gasteiger partial charge in [0.2, 0.25) is 5.91 Å². The minimum absolute atomic E-state index is 0.00134. The molecule has 1 amide bonds. The highest BCUT2D eigenvalue weighted by Crippen LogP contribution is 2.31. The third-order valence-electron chi connectivity index (χ3n) is 3.61. The lowest BCUT2D eigenvalue weighted by Gasteiger charge is -2.22. The average Bonchev–Trinajstić information content (AvgIpc) is 3.00. The molecule has 0 atom stereocenters. The number of likely N-dealkylation sites (N-methyl/N-ethyl adjacent to an activating group) is 1. The predicted octanol–water partition coefficient (Wildman–Crippen LogP) is 1.56. The summed E-state index contributed by atoms with van der Waals surface area (Å²) in [5.74, 6) is -0.104. The van der Waals surface area contributed by atoms with E-state index in [1.54, 1.807) is 11.9 Å². The summed E-state index contributed by atoms with van der Waals surface area (Å²) in [6.07, 6.45) is 1.93. The molecule has 22 heavy (non-hydrogen) atoms. The van der Waals surface area contributed by atoms with Crippen molar-refractivity contribution >= 4 is 23.0 Å². The molecule has 1 aromatic carbocycles. The van der Waals surface area contributed by atoms with E-state index in [1.807, 2.05) is 0 Å². The number of carbonyl (C=O) groups excluding carboxylic acids is 1. The van der Waals surface area contributed by atoms with Crippen molar-refractivity contribution in [1.82, 2.24) is 4.90 Å². The fraction of sp³-hybridized carbons (Fsp3) is 0.462. The Morgan fingerprint density at radius 1 is 1.23 bits per heavy atom. The second kappa shape index (κ2) is 6.37. The van der Waals surface area contributed by atoms with E-state index >= 15 is 0 Å². The minimum atomic E-state index is -0.688. The van der Waals surface area contributed by atoms with E-state index < -0.39 is 9.85 Å². The molecule has 2 rings (SSSR count). The van der Waals surface area contributed by atoms with Gasteiger partial charge in [0.25, 0.3) is 11.4 Å². The molecule has 1 fully saturated rings. The molecular weight excluding hydrogens is 292 g/mol. The molecular formula is C13H16N4O5. The van der Waals surface area contributed by atoms with E-state index in [0.29, 0.717) is 13.1 Å². The smallest absolute Gasteiger partial charge is 0.299 e. The molecule has 1 aliphatic heterocycles. The fourth-order valence-electron chi connectivity index (χ4n) is 2.45. The van der Waals surface area contributed by atoms with Crippen LogP contribution in [-0.2, 0) is 4.79 Å². The van der Waals surface area contributed by atoms with Crippen molar-refractivity contribution in [2.45, 2.75) is 12.8 Å². The van der Waals surface area contributed by atoms with Crippen LogP contribution in [0.4, 0.5) is 17.1 Å². The third kappa shape index (κ3) is 3.30. The number of benzene rings is 1. The van der Waals surface area contributed by atoms with Crippen LogP contribution < -0.4 is 4.90 Å². The molecule has 0 radical (unpaired) electrons. The number of hydrogen-bond donors (Lipinski definition) is 0. The van der Waals surface area contributed by atoms with Gasteiger partial charge in [-0.2, -0.15) is 0 Å². The number of nitro groups is 2. The zero-order chi connectivity index (χ0) is 16.3. The second-order valence-corrected chi connectivity index (χ2v) is 5.13. The number of carbonyl (C=O) groups is 1. The summed E-state index contributed by atoms with van der Waals surface area (Å²) < 4.78 is 0. The normalized spacial score (nSPS) is 14.0. The molecule has 0 aromatic heterocycles. The predicted molar refractivity (Wildman–Crippen MR) is 78.8 cm³/mol. The fourth-order valence-corrected chi connectivity index (χ4v) is 2.45. The molecule has 0 N–H and O–H groups in total. The first-order valence-corrected chi connectivity index (χ1v) is 6.82. The first kappa shape index (κ1) is 15.7. The summed E-state index contributed by atoms with van der Waals surface area (Å²) in [6, 6.07) is 3.40. The van der Waals surface area contributed by atoms with Gasteiger partial charge in [0.05, 0.1) is 22.5 Å². The highest BCUT2D eigenvalue weighted by Gasteiger charge is 2.25. The maximum Gasteiger partial charge on any atom is 0.299 e. The Hall–Kier alpha value is -2.71. The highest BCUT2D eigenvalue weighted by atomic mass is 16.6. The standard InChI is InChI=1S/C13H16N4O5/c1-14(9-13(18)15-6-2-3-7-15)11-5-4-10(16(19)20)8-12(11)17(21)22/h4-5,8H,2-3,6-7,9H2,1H3. The van der Waals surface area contributed by atoms with E-state index in [0.717, 1.165) is 18.9 Å². The maximum atomic E-state index is 12.1. The number of amides is 1. The molecule has 118 valence electrons. The molecule has 0 saturated carbocycles. The number of nitrogens with zero attached hydrogens (tertiary/aromatic N) is 4. The van der Waals surface area contributed by atoms with Gasteiger partial charge in [0, 0.05) is 26.2 Å². The summed E-state index contributed by atoms with van der Waals surface area (Å²) in [5, 5.41) is 21.8. The number of rotatable bonds is 5. The summed E-state index contributed by atoms with van der Waals surface area (Å²) in [7, 11) is 1.56. The van der Waals surface area contributed by atoms with Crippen LogP contribution in [0.2, 0.25) is 0 Å². The van der Waals surface area contributed by atoms with E-state index in [1.165, 1.54) is 17.0 Å². The molecule has 1 aliphatic rings. The number of anilines is 1. The monoisotopic (exact) mass is 308 g/mol. The van der Waals surface area contributed by atoms with Crippen LogP contribution in [0.15, 0.2) is 18.2 Å². The largest absolute Gasteiger partial charge is 0.360 e. The number of hydrogen-bond acceptors (Lipinski definition) is 6. The molecule has 9 heteroatoms. The molecule has 0 bridgehead atoms. The van der Waals surface area contributed by atoms with E-state index in [9.17, 15) is 25.0 Å². The Morgan fingerprint density at radius 3 is 2.41 bits per heavy atom. The topological polar surface area (TPSA) is 110 Å². The number of nitro benzene ring substituents is 2. The quantitative estimate of drug-likeness (QED) is 0.603. The van der Waals surface area contributed by atoms with Crippen LogP contribution >= 0.6 is 0 Å². The lowest BCUT2D eigenvalue weighted by Crippen LogP contribution is -2.37. The molecule has 0 spiro atoms. The van der Waals surface area contributed by atoms with Gasteiger partial charge in [0.15, 0.2) is 0 Å². The van der Waals surface area contributed by atoms with Gasteiger partial charge in [0.1, 0.15) is 5.69 Å². The van der Waals surface area contributed by atoms with Gasteiger partial charge in [-0.1, -0.05) is 0 Å². The Labute approximate surface area is 126 Å². The van der Waals surface area contributed by atoms with Crippen molar-refractivity contribution in [1.29, 1.82) is 0 Å². The van der Waals surface area contributed by atoms with Crippen LogP contribution in [0.1, 0.15) is 12.8 Å². The van der Waals surface area contributed by atoms with Gasteiger partial charge < -0.3 is 9.80 Å². The third-order valence-corrected chi connectivity index (χ3v) is 3.61. The van der Waals surface area contributed by atoms with Gasteiger partial charge in [-0.15, -0.1) is 0 Å². The van der Waals surface area contributed by atoms with Crippen LogP contribution in [0.25, 0.3) is 0 Å². The minimum Gasteiger partial charge on any atom is -0.360 e. The van der Waals surface area contributed by atoms with E-state index in [4.69, 9.17) is 0 Å². The lowest BCUT2D eigenvalue weighted by molar-refractivity contribution is -0.393. The summed E-state index contributed by atoms with van der Waals surface area (Å²) in [4.78, 5) is 35.7. The zero-order valence-electron chi connectivity index (χ0n) is 12.1. The van der Waals surface area contributed by atoms with Gasteiger partial charge in [-0.3, -0.25) is 25.0 Å². The lowest BCUT2D eigenvalue weighted by atomic mass is 10.2. The first-order chi connectivity index (χ1) is 10.4.